The van der Waals surface area contributed by atoms with E-state index in [1.807, 2.05) is 0 Å². The molecule has 2 heterocycles. The van der Waals surface area contributed by atoms with Crippen LogP contribution in [0.1, 0.15) is 24.3 Å². The van der Waals surface area contributed by atoms with E-state index in [2.05, 4.69) is 15.3 Å². The topological polar surface area (TPSA) is 64.7 Å². The van der Waals surface area contributed by atoms with Crippen molar-refractivity contribution >= 4 is 11.3 Å². The molecule has 3 aliphatic carbocycles. The maximum atomic E-state index is 6.08. The molecule has 2 bridgehead atoms. The zero-order chi connectivity index (χ0) is 11.5. The van der Waals surface area contributed by atoms with Crippen LogP contribution in [-0.2, 0) is 5.41 Å². The van der Waals surface area contributed by atoms with E-state index in [-0.39, 0.29) is 5.54 Å². The summed E-state index contributed by atoms with van der Waals surface area (Å²) in [6.07, 6.45) is 8.47. The first-order chi connectivity index (χ1) is 8.19. The van der Waals surface area contributed by atoms with Gasteiger partial charge in [0.05, 0.1) is 10.7 Å². The zero-order valence-electron chi connectivity index (χ0n) is 9.26. The van der Waals surface area contributed by atoms with Crippen LogP contribution in [0.2, 0.25) is 0 Å². The minimum Gasteiger partial charge on any atom is -0.325 e. The molecule has 0 unspecified atom stereocenters. The number of hydrogen-bond donors (Lipinski definition) is 1. The Kier molecular flexibility index (Phi) is 1.66. The Labute approximate surface area is 103 Å². The van der Waals surface area contributed by atoms with Gasteiger partial charge in [-0.3, -0.25) is 0 Å². The minimum absolute atomic E-state index is 0.141. The van der Waals surface area contributed by atoms with Gasteiger partial charge >= 0.3 is 0 Å². The van der Waals surface area contributed by atoms with Crippen molar-refractivity contribution in [3.63, 3.8) is 0 Å². The summed E-state index contributed by atoms with van der Waals surface area (Å²) >= 11 is 1.74. The van der Waals surface area contributed by atoms with Crippen molar-refractivity contribution in [3.8, 4) is 11.3 Å². The van der Waals surface area contributed by atoms with Gasteiger partial charge in [0.1, 0.15) is 6.33 Å². The van der Waals surface area contributed by atoms with Gasteiger partial charge in [-0.25, -0.2) is 15.0 Å². The van der Waals surface area contributed by atoms with Gasteiger partial charge in [0, 0.05) is 34.3 Å². The zero-order valence-corrected chi connectivity index (χ0v) is 10.1. The van der Waals surface area contributed by atoms with Gasteiger partial charge in [-0.1, -0.05) is 0 Å². The molecule has 0 radical (unpaired) electrons. The highest BCUT2D eigenvalue weighted by molar-refractivity contribution is 7.10. The van der Waals surface area contributed by atoms with Crippen LogP contribution in [0.25, 0.3) is 11.3 Å². The van der Waals surface area contributed by atoms with Crippen molar-refractivity contribution in [1.29, 1.82) is 0 Å². The van der Waals surface area contributed by atoms with Crippen molar-refractivity contribution in [2.24, 2.45) is 5.73 Å². The third-order valence-electron chi connectivity index (χ3n) is 3.89. The lowest BCUT2D eigenvalue weighted by Crippen LogP contribution is -2.74. The number of aromatic nitrogens is 3. The number of thiazole rings is 1. The summed E-state index contributed by atoms with van der Waals surface area (Å²) in [4.78, 5) is 12.8. The van der Waals surface area contributed by atoms with Gasteiger partial charge in [-0.15, -0.1) is 11.3 Å². The molecule has 3 fully saturated rings. The molecule has 0 aromatic carbocycles. The molecule has 17 heavy (non-hydrogen) atoms. The molecule has 0 spiro atoms. The third-order valence-corrected chi connectivity index (χ3v) is 4.97. The van der Waals surface area contributed by atoms with E-state index in [1.165, 1.54) is 11.3 Å². The molecule has 0 saturated heterocycles. The van der Waals surface area contributed by atoms with Crippen LogP contribution in [0.4, 0.5) is 0 Å². The SMILES string of the molecule is NC12CC(c3nc(-c4cncnc4)cs3)(C1)C2. The quantitative estimate of drug-likeness (QED) is 0.873. The predicted octanol–water partition coefficient (Wildman–Crippen LogP) is 1.73. The maximum Gasteiger partial charge on any atom is 0.115 e. The summed E-state index contributed by atoms with van der Waals surface area (Å²) in [5, 5.41) is 3.33. The molecule has 3 saturated carbocycles. The van der Waals surface area contributed by atoms with Gasteiger partial charge in [0.25, 0.3) is 0 Å². The molecular formula is C12H12N4S. The molecule has 4 nitrogen and oxygen atoms in total. The van der Waals surface area contributed by atoms with Crippen LogP contribution in [0, 0.1) is 0 Å². The van der Waals surface area contributed by atoms with E-state index in [4.69, 9.17) is 10.7 Å². The smallest absolute Gasteiger partial charge is 0.115 e. The van der Waals surface area contributed by atoms with Crippen molar-refractivity contribution in [2.45, 2.75) is 30.2 Å². The van der Waals surface area contributed by atoms with Crippen LogP contribution in [0.3, 0.4) is 0 Å². The molecule has 2 aromatic heterocycles. The summed E-state index contributed by atoms with van der Waals surface area (Å²) in [7, 11) is 0. The number of nitrogens with two attached hydrogens (primary N) is 1. The number of rotatable bonds is 2. The fraction of sp³-hybridized carbons (Fsp3) is 0.417. The van der Waals surface area contributed by atoms with Crippen LogP contribution < -0.4 is 5.73 Å². The molecule has 2 aromatic rings. The van der Waals surface area contributed by atoms with Crippen LogP contribution >= 0.6 is 11.3 Å². The third kappa shape index (κ3) is 1.23. The Morgan fingerprint density at radius 1 is 1.18 bits per heavy atom. The Balaban J connectivity index is 1.67. The fourth-order valence-electron chi connectivity index (χ4n) is 3.17. The number of nitrogens with zero attached hydrogens (tertiary/aromatic N) is 3. The van der Waals surface area contributed by atoms with Gasteiger partial charge in [-0.2, -0.15) is 0 Å². The van der Waals surface area contributed by atoms with Gasteiger partial charge in [-0.05, 0) is 19.3 Å². The lowest BCUT2D eigenvalue weighted by molar-refractivity contribution is -0.0590. The highest BCUT2D eigenvalue weighted by Gasteiger charge is 2.67. The standard InChI is InChI=1S/C12H12N4S/c13-12-4-11(5-12,6-12)10-16-9(3-17-10)8-1-14-7-15-2-8/h1-3,7H,4-6,13H2. The van der Waals surface area contributed by atoms with Gasteiger partial charge in [0.2, 0.25) is 0 Å². The molecule has 0 aliphatic heterocycles. The average Bonchev–Trinajstić information content (AvgIpc) is 2.74. The summed E-state index contributed by atoms with van der Waals surface area (Å²) in [5.41, 5.74) is 8.52. The van der Waals surface area contributed by atoms with E-state index >= 15 is 0 Å². The van der Waals surface area contributed by atoms with Crippen molar-refractivity contribution < 1.29 is 0 Å². The highest BCUT2D eigenvalue weighted by Crippen LogP contribution is 2.66. The second-order valence-electron chi connectivity index (χ2n) is 5.34. The van der Waals surface area contributed by atoms with E-state index in [0.717, 1.165) is 30.5 Å². The first-order valence-electron chi connectivity index (χ1n) is 5.70. The average molecular weight is 244 g/mol. The molecule has 0 atom stereocenters. The monoisotopic (exact) mass is 244 g/mol. The Morgan fingerprint density at radius 2 is 1.88 bits per heavy atom. The second kappa shape index (κ2) is 2.91. The molecule has 2 N–H and O–H groups in total. The highest BCUT2D eigenvalue weighted by atomic mass is 32.1. The number of hydrogen-bond acceptors (Lipinski definition) is 5. The van der Waals surface area contributed by atoms with Crippen LogP contribution in [-0.4, -0.2) is 20.5 Å². The molecule has 5 rings (SSSR count). The first-order valence-corrected chi connectivity index (χ1v) is 6.58. The Morgan fingerprint density at radius 3 is 2.53 bits per heavy atom. The molecule has 86 valence electrons. The largest absolute Gasteiger partial charge is 0.325 e. The molecular weight excluding hydrogens is 232 g/mol. The summed E-state index contributed by atoms with van der Waals surface area (Å²) < 4.78 is 0. The normalized spacial score (nSPS) is 33.9. The lowest BCUT2D eigenvalue weighted by Gasteiger charge is -2.68. The Hall–Kier alpha value is -1.33. The second-order valence-corrected chi connectivity index (χ2v) is 6.20. The van der Waals surface area contributed by atoms with Gasteiger partial charge in [0.15, 0.2) is 0 Å². The minimum atomic E-state index is 0.141. The van der Waals surface area contributed by atoms with Crippen LogP contribution in [0.15, 0.2) is 24.1 Å². The van der Waals surface area contributed by atoms with Crippen molar-refractivity contribution in [3.05, 3.63) is 29.1 Å². The van der Waals surface area contributed by atoms with Crippen molar-refractivity contribution in [1.82, 2.24) is 15.0 Å². The molecule has 5 heteroatoms. The van der Waals surface area contributed by atoms with E-state index in [0.29, 0.717) is 5.41 Å². The predicted molar refractivity (Wildman–Crippen MR) is 65.6 cm³/mol. The van der Waals surface area contributed by atoms with Crippen LogP contribution in [0.5, 0.6) is 0 Å². The lowest BCUT2D eigenvalue weighted by atomic mass is 9.40. The summed E-state index contributed by atoms with van der Waals surface area (Å²) in [6.45, 7) is 0. The van der Waals surface area contributed by atoms with Gasteiger partial charge < -0.3 is 5.73 Å². The van der Waals surface area contributed by atoms with E-state index in [1.54, 1.807) is 23.7 Å². The fourth-order valence-corrected chi connectivity index (χ4v) is 4.20. The Bertz CT molecular complexity index is 557. The van der Waals surface area contributed by atoms with E-state index in [9.17, 15) is 0 Å². The first kappa shape index (κ1) is 9.67. The molecule has 0 amide bonds. The van der Waals surface area contributed by atoms with Crippen molar-refractivity contribution in [2.75, 3.05) is 0 Å². The molecule has 3 aliphatic rings. The van der Waals surface area contributed by atoms with E-state index < -0.39 is 0 Å². The maximum absolute atomic E-state index is 6.08. The summed E-state index contributed by atoms with van der Waals surface area (Å²) in [5.74, 6) is 0. The summed E-state index contributed by atoms with van der Waals surface area (Å²) in [6, 6.07) is 0.